The van der Waals surface area contributed by atoms with E-state index in [-0.39, 0.29) is 18.4 Å². The van der Waals surface area contributed by atoms with E-state index < -0.39 is 0 Å². The highest BCUT2D eigenvalue weighted by Gasteiger charge is 2.13. The van der Waals surface area contributed by atoms with Gasteiger partial charge in [0.05, 0.1) is 22.7 Å². The van der Waals surface area contributed by atoms with Gasteiger partial charge in [0.2, 0.25) is 5.91 Å². The standard InChI is InChI=1S/C13H17N3O2S/c1-8-4-3-5-10-12(8)16-13(19-10)15-11(17)6-9(7-14)18-2/h3-5,9H,6-7,14H2,1-2H3,(H,15,16,17). The quantitative estimate of drug-likeness (QED) is 0.876. The second-order valence-electron chi connectivity index (χ2n) is 4.29. The second-order valence-corrected chi connectivity index (χ2v) is 5.32. The van der Waals surface area contributed by atoms with Crippen molar-refractivity contribution < 1.29 is 9.53 Å². The molecule has 5 nitrogen and oxygen atoms in total. The summed E-state index contributed by atoms with van der Waals surface area (Å²) in [6, 6.07) is 5.98. The lowest BCUT2D eigenvalue weighted by Gasteiger charge is -2.11. The summed E-state index contributed by atoms with van der Waals surface area (Å²) in [5.41, 5.74) is 7.53. The molecule has 0 radical (unpaired) electrons. The van der Waals surface area contributed by atoms with Crippen molar-refractivity contribution in [3.8, 4) is 0 Å². The van der Waals surface area contributed by atoms with E-state index in [2.05, 4.69) is 10.3 Å². The number of amides is 1. The lowest BCUT2D eigenvalue weighted by molar-refractivity contribution is -0.118. The molecule has 1 atom stereocenters. The van der Waals surface area contributed by atoms with Gasteiger partial charge in [0, 0.05) is 13.7 Å². The van der Waals surface area contributed by atoms with E-state index in [1.54, 1.807) is 7.11 Å². The van der Waals surface area contributed by atoms with E-state index in [1.807, 2.05) is 25.1 Å². The number of para-hydroxylation sites is 1. The molecule has 0 aliphatic heterocycles. The van der Waals surface area contributed by atoms with E-state index in [0.29, 0.717) is 11.7 Å². The molecule has 0 saturated carbocycles. The molecule has 0 fully saturated rings. The fraction of sp³-hybridized carbons (Fsp3) is 0.385. The number of rotatable bonds is 5. The molecule has 1 amide bonds. The zero-order valence-corrected chi connectivity index (χ0v) is 11.8. The van der Waals surface area contributed by atoms with Gasteiger partial charge in [-0.2, -0.15) is 0 Å². The van der Waals surface area contributed by atoms with Crippen LogP contribution in [0.25, 0.3) is 10.2 Å². The molecule has 2 aromatic rings. The maximum Gasteiger partial charge on any atom is 0.228 e. The van der Waals surface area contributed by atoms with Gasteiger partial charge >= 0.3 is 0 Å². The Balaban J connectivity index is 2.09. The number of methoxy groups -OCH3 is 1. The van der Waals surface area contributed by atoms with E-state index in [1.165, 1.54) is 11.3 Å². The Morgan fingerprint density at radius 3 is 3.00 bits per heavy atom. The molecule has 3 N–H and O–H groups in total. The Hall–Kier alpha value is -1.50. The Kier molecular flexibility index (Phi) is 4.47. The number of nitrogens with zero attached hydrogens (tertiary/aromatic N) is 1. The van der Waals surface area contributed by atoms with Crippen molar-refractivity contribution in [2.24, 2.45) is 5.73 Å². The first-order chi connectivity index (χ1) is 9.13. The second kappa shape index (κ2) is 6.10. The molecule has 0 aliphatic rings. The van der Waals surface area contributed by atoms with Gasteiger partial charge in [-0.15, -0.1) is 0 Å². The Morgan fingerprint density at radius 2 is 2.37 bits per heavy atom. The number of anilines is 1. The SMILES string of the molecule is COC(CN)CC(=O)Nc1nc2c(C)cccc2s1. The first-order valence-electron chi connectivity index (χ1n) is 6.03. The van der Waals surface area contributed by atoms with Gasteiger partial charge in [-0.05, 0) is 18.6 Å². The molecule has 6 heteroatoms. The van der Waals surface area contributed by atoms with Gasteiger partial charge in [0.15, 0.2) is 5.13 Å². The van der Waals surface area contributed by atoms with E-state index in [9.17, 15) is 4.79 Å². The van der Waals surface area contributed by atoms with Crippen LogP contribution >= 0.6 is 11.3 Å². The van der Waals surface area contributed by atoms with Crippen LogP contribution in [0, 0.1) is 6.92 Å². The molecule has 2 rings (SSSR count). The topological polar surface area (TPSA) is 77.2 Å². The van der Waals surface area contributed by atoms with Gasteiger partial charge in [-0.3, -0.25) is 4.79 Å². The molecule has 1 aromatic heterocycles. The molecule has 102 valence electrons. The third kappa shape index (κ3) is 3.28. The van der Waals surface area contributed by atoms with Gasteiger partial charge in [0.25, 0.3) is 0 Å². The molecule has 0 bridgehead atoms. The Labute approximate surface area is 115 Å². The highest BCUT2D eigenvalue weighted by molar-refractivity contribution is 7.22. The largest absolute Gasteiger partial charge is 0.380 e. The molecule has 1 heterocycles. The molecule has 1 unspecified atom stereocenters. The molecule has 19 heavy (non-hydrogen) atoms. The first-order valence-corrected chi connectivity index (χ1v) is 6.84. The van der Waals surface area contributed by atoms with Crippen molar-refractivity contribution in [2.45, 2.75) is 19.4 Å². The lowest BCUT2D eigenvalue weighted by Crippen LogP contribution is -2.28. The van der Waals surface area contributed by atoms with E-state index in [4.69, 9.17) is 10.5 Å². The number of thiazole rings is 1. The zero-order valence-electron chi connectivity index (χ0n) is 11.0. The third-order valence-corrected chi connectivity index (χ3v) is 3.81. The van der Waals surface area contributed by atoms with Crippen LogP contribution in [0.5, 0.6) is 0 Å². The van der Waals surface area contributed by atoms with Crippen molar-refractivity contribution in [1.82, 2.24) is 4.98 Å². The van der Waals surface area contributed by atoms with Crippen molar-refractivity contribution in [2.75, 3.05) is 19.0 Å². The molecule has 1 aromatic carbocycles. The third-order valence-electron chi connectivity index (χ3n) is 2.88. The van der Waals surface area contributed by atoms with Crippen LogP contribution < -0.4 is 11.1 Å². The van der Waals surface area contributed by atoms with Crippen LogP contribution in [0.2, 0.25) is 0 Å². The average Bonchev–Trinajstić information content (AvgIpc) is 2.79. The highest BCUT2D eigenvalue weighted by Crippen LogP contribution is 2.27. The summed E-state index contributed by atoms with van der Waals surface area (Å²) in [6.07, 6.45) is -0.0156. The van der Waals surface area contributed by atoms with Crippen molar-refractivity contribution >= 4 is 32.6 Å². The summed E-state index contributed by atoms with van der Waals surface area (Å²) >= 11 is 1.47. The van der Waals surface area contributed by atoms with Crippen LogP contribution in [-0.4, -0.2) is 30.6 Å². The number of nitrogens with one attached hydrogen (secondary N) is 1. The van der Waals surface area contributed by atoms with Gasteiger partial charge < -0.3 is 15.8 Å². The monoisotopic (exact) mass is 279 g/mol. The minimum Gasteiger partial charge on any atom is -0.380 e. The maximum absolute atomic E-state index is 11.8. The summed E-state index contributed by atoms with van der Waals surface area (Å²) in [5, 5.41) is 3.40. The van der Waals surface area contributed by atoms with Crippen molar-refractivity contribution in [3.63, 3.8) is 0 Å². The summed E-state index contributed by atoms with van der Waals surface area (Å²) < 4.78 is 6.15. The molecule has 0 spiro atoms. The number of fused-ring (bicyclic) bond motifs is 1. The van der Waals surface area contributed by atoms with Crippen LogP contribution in [0.3, 0.4) is 0 Å². The van der Waals surface area contributed by atoms with Crippen LogP contribution in [0.4, 0.5) is 5.13 Å². The van der Waals surface area contributed by atoms with Gasteiger partial charge in [0.1, 0.15) is 0 Å². The van der Waals surface area contributed by atoms with Crippen LogP contribution in [0.15, 0.2) is 18.2 Å². The number of carbonyl (C=O) groups excluding carboxylic acids is 1. The normalized spacial score (nSPS) is 12.6. The Bertz CT molecular complexity index is 578. The molecule has 0 aliphatic carbocycles. The summed E-state index contributed by atoms with van der Waals surface area (Å²) in [4.78, 5) is 16.2. The fourth-order valence-electron chi connectivity index (χ4n) is 1.78. The van der Waals surface area contributed by atoms with E-state index in [0.717, 1.165) is 15.8 Å². The van der Waals surface area contributed by atoms with Gasteiger partial charge in [-0.25, -0.2) is 4.98 Å². The lowest BCUT2D eigenvalue weighted by atomic mass is 10.2. The number of carbonyl (C=O) groups is 1. The maximum atomic E-state index is 11.8. The minimum absolute atomic E-state index is 0.131. The van der Waals surface area contributed by atoms with Crippen molar-refractivity contribution in [1.29, 1.82) is 0 Å². The Morgan fingerprint density at radius 1 is 1.58 bits per heavy atom. The average molecular weight is 279 g/mol. The number of ether oxygens (including phenoxy) is 1. The highest BCUT2D eigenvalue weighted by atomic mass is 32.1. The molecular formula is C13H17N3O2S. The number of hydrogen-bond donors (Lipinski definition) is 2. The van der Waals surface area contributed by atoms with Crippen LogP contribution in [-0.2, 0) is 9.53 Å². The summed E-state index contributed by atoms with van der Waals surface area (Å²) in [6.45, 7) is 2.33. The number of aryl methyl sites for hydroxylation is 1. The first kappa shape index (κ1) is 13.9. The number of nitrogens with two attached hydrogens (primary N) is 1. The summed E-state index contributed by atoms with van der Waals surface area (Å²) in [5.74, 6) is -0.131. The minimum atomic E-state index is -0.254. The number of benzene rings is 1. The zero-order chi connectivity index (χ0) is 13.8. The predicted molar refractivity (Wildman–Crippen MR) is 77.5 cm³/mol. The summed E-state index contributed by atoms with van der Waals surface area (Å²) in [7, 11) is 1.55. The molecule has 0 saturated heterocycles. The number of hydrogen-bond acceptors (Lipinski definition) is 5. The van der Waals surface area contributed by atoms with Gasteiger partial charge in [-0.1, -0.05) is 23.5 Å². The van der Waals surface area contributed by atoms with Crippen LogP contribution in [0.1, 0.15) is 12.0 Å². The predicted octanol–water partition coefficient (Wildman–Crippen LogP) is 1.91. The van der Waals surface area contributed by atoms with E-state index >= 15 is 0 Å². The fourth-order valence-corrected chi connectivity index (χ4v) is 2.74. The van der Waals surface area contributed by atoms with Crippen molar-refractivity contribution in [3.05, 3.63) is 23.8 Å². The number of aromatic nitrogens is 1. The molecular weight excluding hydrogens is 262 g/mol. The smallest absolute Gasteiger partial charge is 0.228 e.